The van der Waals surface area contributed by atoms with Crippen LogP contribution in [0.1, 0.15) is 37.0 Å². The molecular formula is C20H26ClN3O4. The molecule has 1 saturated heterocycles. The third-order valence-corrected chi connectivity index (χ3v) is 5.25. The number of ether oxygens (including phenoxy) is 1. The van der Waals surface area contributed by atoms with Crippen molar-refractivity contribution in [2.45, 2.75) is 26.7 Å². The van der Waals surface area contributed by atoms with Crippen LogP contribution in [-0.4, -0.2) is 43.1 Å². The third kappa shape index (κ3) is 4.52. The van der Waals surface area contributed by atoms with Gasteiger partial charge in [0.1, 0.15) is 5.58 Å². The zero-order valence-corrected chi connectivity index (χ0v) is 16.9. The highest BCUT2D eigenvalue weighted by Crippen LogP contribution is 2.32. The Balaban J connectivity index is 1.52. The molecule has 1 aliphatic heterocycles. The minimum absolute atomic E-state index is 0.249. The molecule has 1 aliphatic rings. The van der Waals surface area contributed by atoms with E-state index < -0.39 is 0 Å². The molecule has 2 amide bonds. The van der Waals surface area contributed by atoms with Gasteiger partial charge in [-0.25, -0.2) is 4.79 Å². The number of anilines is 1. The van der Waals surface area contributed by atoms with E-state index in [0.717, 1.165) is 12.8 Å². The summed E-state index contributed by atoms with van der Waals surface area (Å²) >= 11 is 6.14. The number of halogens is 1. The number of nitrogens with one attached hydrogen (secondary N) is 1. The summed E-state index contributed by atoms with van der Waals surface area (Å²) in [5.74, 6) is 0.370. The lowest BCUT2D eigenvalue weighted by atomic mass is 9.97. The molecule has 1 aromatic heterocycles. The molecule has 0 spiro atoms. The van der Waals surface area contributed by atoms with E-state index in [0.29, 0.717) is 65.3 Å². The number of rotatable bonds is 5. The molecule has 152 valence electrons. The molecule has 0 saturated carbocycles. The molecular weight excluding hydrogens is 382 g/mol. The van der Waals surface area contributed by atoms with Gasteiger partial charge in [0.25, 0.3) is 5.91 Å². The van der Waals surface area contributed by atoms with Crippen molar-refractivity contribution in [3.05, 3.63) is 29.0 Å². The van der Waals surface area contributed by atoms with E-state index in [1.54, 1.807) is 11.0 Å². The molecule has 0 aliphatic carbocycles. The van der Waals surface area contributed by atoms with Crippen LogP contribution < -0.4 is 11.1 Å². The summed E-state index contributed by atoms with van der Waals surface area (Å²) in [4.78, 5) is 26.4. The summed E-state index contributed by atoms with van der Waals surface area (Å²) < 4.78 is 10.7. The monoisotopic (exact) mass is 407 g/mol. The fourth-order valence-electron chi connectivity index (χ4n) is 3.28. The van der Waals surface area contributed by atoms with Crippen molar-refractivity contribution >= 4 is 40.3 Å². The van der Waals surface area contributed by atoms with E-state index in [1.165, 1.54) is 12.3 Å². The van der Waals surface area contributed by atoms with Gasteiger partial charge in [0, 0.05) is 25.0 Å². The van der Waals surface area contributed by atoms with E-state index in [4.69, 9.17) is 26.5 Å². The first kappa shape index (κ1) is 20.3. The molecule has 3 rings (SSSR count). The Bertz CT molecular complexity index is 856. The van der Waals surface area contributed by atoms with Crippen LogP contribution in [0.4, 0.5) is 10.5 Å². The molecule has 3 N–H and O–H groups in total. The van der Waals surface area contributed by atoms with Crippen LogP contribution in [0.5, 0.6) is 0 Å². The van der Waals surface area contributed by atoms with E-state index >= 15 is 0 Å². The Hall–Kier alpha value is -2.41. The number of hydrogen-bond acceptors (Lipinski definition) is 5. The molecule has 1 aromatic carbocycles. The normalized spacial score (nSPS) is 15.2. The SMILES string of the molecule is CC(C)COC(=O)N1CCC(CNC(=O)c2cc(Cl)c(N)c3ccoc23)CC1. The second kappa shape index (κ2) is 8.73. The maximum Gasteiger partial charge on any atom is 0.409 e. The molecule has 8 heteroatoms. The van der Waals surface area contributed by atoms with Crippen molar-refractivity contribution in [3.63, 3.8) is 0 Å². The Morgan fingerprint density at radius 1 is 1.39 bits per heavy atom. The molecule has 0 radical (unpaired) electrons. The lowest BCUT2D eigenvalue weighted by Crippen LogP contribution is -2.42. The van der Waals surface area contributed by atoms with Crippen molar-refractivity contribution in [3.8, 4) is 0 Å². The molecule has 7 nitrogen and oxygen atoms in total. The molecule has 2 aromatic rings. The highest BCUT2D eigenvalue weighted by Gasteiger charge is 2.25. The van der Waals surface area contributed by atoms with Crippen molar-refractivity contribution in [1.82, 2.24) is 10.2 Å². The predicted octanol–water partition coefficient (Wildman–Crippen LogP) is 3.90. The van der Waals surface area contributed by atoms with Gasteiger partial charge in [0.05, 0.1) is 29.1 Å². The van der Waals surface area contributed by atoms with Gasteiger partial charge < -0.3 is 25.1 Å². The number of hydrogen-bond donors (Lipinski definition) is 2. The van der Waals surface area contributed by atoms with Gasteiger partial charge in [-0.1, -0.05) is 25.4 Å². The van der Waals surface area contributed by atoms with E-state index in [1.807, 2.05) is 13.8 Å². The maximum absolute atomic E-state index is 12.6. The van der Waals surface area contributed by atoms with Crippen LogP contribution in [0.15, 0.2) is 22.8 Å². The molecule has 1 fully saturated rings. The average molecular weight is 408 g/mol. The molecule has 0 bridgehead atoms. The summed E-state index contributed by atoms with van der Waals surface area (Å²) in [6.07, 6.45) is 2.86. The second-order valence-electron chi connectivity index (χ2n) is 7.59. The third-order valence-electron chi connectivity index (χ3n) is 4.94. The number of nitrogen functional groups attached to an aromatic ring is 1. The number of likely N-dealkylation sites (tertiary alicyclic amines) is 1. The van der Waals surface area contributed by atoms with Gasteiger partial charge >= 0.3 is 6.09 Å². The van der Waals surface area contributed by atoms with Crippen LogP contribution in [-0.2, 0) is 4.74 Å². The number of nitrogens with two attached hydrogens (primary N) is 1. The summed E-state index contributed by atoms with van der Waals surface area (Å²) in [6, 6.07) is 3.23. The Morgan fingerprint density at radius 2 is 2.11 bits per heavy atom. The number of carbonyl (C=O) groups is 2. The summed E-state index contributed by atoms with van der Waals surface area (Å²) in [5.41, 5.74) is 7.14. The maximum atomic E-state index is 12.6. The molecule has 0 unspecified atom stereocenters. The standard InChI is InChI=1S/C20H26ClN3O4/c1-12(2)11-28-20(26)24-6-3-13(4-7-24)10-23-19(25)15-9-16(21)17(22)14-5-8-27-18(14)15/h5,8-9,12-13H,3-4,6-7,10-11,22H2,1-2H3,(H,23,25). The highest BCUT2D eigenvalue weighted by molar-refractivity contribution is 6.35. The van der Waals surface area contributed by atoms with E-state index in [2.05, 4.69) is 5.32 Å². The Labute approximate surface area is 169 Å². The predicted molar refractivity (Wildman–Crippen MR) is 108 cm³/mol. The topological polar surface area (TPSA) is 97.8 Å². The lowest BCUT2D eigenvalue weighted by molar-refractivity contribution is 0.0773. The number of nitrogens with zero attached hydrogens (tertiary/aromatic N) is 1. The number of fused-ring (bicyclic) bond motifs is 1. The minimum Gasteiger partial charge on any atom is -0.463 e. The molecule has 2 heterocycles. The highest BCUT2D eigenvalue weighted by atomic mass is 35.5. The fourth-order valence-corrected chi connectivity index (χ4v) is 3.49. The number of carbonyl (C=O) groups excluding carboxylic acids is 2. The number of piperidine rings is 1. The first-order chi connectivity index (χ1) is 13.4. The second-order valence-corrected chi connectivity index (χ2v) is 8.00. The van der Waals surface area contributed by atoms with Gasteiger partial charge in [-0.15, -0.1) is 0 Å². The number of amides is 2. The molecule has 0 atom stereocenters. The quantitative estimate of drug-likeness (QED) is 0.732. The van der Waals surface area contributed by atoms with E-state index in [-0.39, 0.29) is 12.0 Å². The van der Waals surface area contributed by atoms with E-state index in [9.17, 15) is 9.59 Å². The van der Waals surface area contributed by atoms with Crippen LogP contribution in [0, 0.1) is 11.8 Å². The van der Waals surface area contributed by atoms with Crippen LogP contribution in [0.2, 0.25) is 5.02 Å². The zero-order chi connectivity index (χ0) is 20.3. The fraction of sp³-hybridized carbons (Fsp3) is 0.500. The smallest absolute Gasteiger partial charge is 0.409 e. The van der Waals surface area contributed by atoms with Gasteiger partial charge in [-0.2, -0.15) is 0 Å². The Kier molecular flexibility index (Phi) is 6.34. The zero-order valence-electron chi connectivity index (χ0n) is 16.2. The van der Waals surface area contributed by atoms with Crippen LogP contribution in [0.25, 0.3) is 11.0 Å². The summed E-state index contributed by atoms with van der Waals surface area (Å²) in [5, 5.41) is 3.90. The Morgan fingerprint density at radius 3 is 2.79 bits per heavy atom. The van der Waals surface area contributed by atoms with Crippen molar-refractivity contribution in [2.24, 2.45) is 11.8 Å². The van der Waals surface area contributed by atoms with Gasteiger partial charge in [0.2, 0.25) is 0 Å². The average Bonchev–Trinajstić information content (AvgIpc) is 3.17. The van der Waals surface area contributed by atoms with Crippen LogP contribution >= 0.6 is 11.6 Å². The van der Waals surface area contributed by atoms with Gasteiger partial charge in [-0.3, -0.25) is 4.79 Å². The van der Waals surface area contributed by atoms with Crippen molar-refractivity contribution in [1.29, 1.82) is 0 Å². The van der Waals surface area contributed by atoms with Crippen molar-refractivity contribution in [2.75, 3.05) is 32.0 Å². The van der Waals surface area contributed by atoms with Crippen molar-refractivity contribution < 1.29 is 18.7 Å². The molecule has 28 heavy (non-hydrogen) atoms. The van der Waals surface area contributed by atoms with Gasteiger partial charge in [0.15, 0.2) is 0 Å². The number of furan rings is 1. The first-order valence-corrected chi connectivity index (χ1v) is 9.89. The number of benzene rings is 1. The lowest BCUT2D eigenvalue weighted by Gasteiger charge is -2.31. The minimum atomic E-state index is -0.257. The van der Waals surface area contributed by atoms with Gasteiger partial charge in [-0.05, 0) is 36.8 Å². The van der Waals surface area contributed by atoms with Crippen LogP contribution in [0.3, 0.4) is 0 Å². The first-order valence-electron chi connectivity index (χ1n) is 9.52. The summed E-state index contributed by atoms with van der Waals surface area (Å²) in [7, 11) is 0. The summed E-state index contributed by atoms with van der Waals surface area (Å²) in [6.45, 7) is 6.24. The largest absolute Gasteiger partial charge is 0.463 e.